The molecule has 0 saturated heterocycles. The fraction of sp³-hybridized carbons (Fsp3) is 0.235. The third-order valence-electron chi connectivity index (χ3n) is 3.80. The molecule has 1 amide bonds. The highest BCUT2D eigenvalue weighted by molar-refractivity contribution is 7.92. The molecule has 0 atom stereocenters. The summed E-state index contributed by atoms with van der Waals surface area (Å²) in [7, 11) is -4.32. The summed E-state index contributed by atoms with van der Waals surface area (Å²) in [5.74, 6) is -1.17. The maximum atomic E-state index is 13.0. The molecule has 0 saturated carbocycles. The van der Waals surface area contributed by atoms with Crippen LogP contribution in [0.4, 0.5) is 37.7 Å². The summed E-state index contributed by atoms with van der Waals surface area (Å²) in [6.45, 7) is -1.08. The minimum absolute atomic E-state index is 0.274. The van der Waals surface area contributed by atoms with Crippen LogP contribution in [0.15, 0.2) is 36.4 Å². The van der Waals surface area contributed by atoms with Gasteiger partial charge in [0.15, 0.2) is 0 Å². The maximum Gasteiger partial charge on any atom is 0.416 e. The predicted octanol–water partition coefficient (Wildman–Crippen LogP) is 5.44. The summed E-state index contributed by atoms with van der Waals surface area (Å²) < 4.78 is 102. The van der Waals surface area contributed by atoms with Crippen LogP contribution in [0.1, 0.15) is 11.1 Å². The molecule has 1 N–H and O–H groups in total. The number of carbonyl (C=O) groups is 1. The Morgan fingerprint density at radius 1 is 0.935 bits per heavy atom. The van der Waals surface area contributed by atoms with E-state index in [1.807, 2.05) is 5.32 Å². The molecule has 0 spiro atoms. The standard InChI is InChI=1S/C17H12Cl2F6N2O3S/c1-31(29,30)27(14-7-10(17(23,24)25)3-5-12(14)19)8-15(28)26-13-6-9(16(20,21)22)2-4-11(13)18/h2-7H,8H2,1H3,(H,26,28). The van der Waals surface area contributed by atoms with Gasteiger partial charge >= 0.3 is 12.4 Å². The summed E-state index contributed by atoms with van der Waals surface area (Å²) in [4.78, 5) is 12.3. The molecule has 0 heterocycles. The third kappa shape index (κ3) is 6.40. The quantitative estimate of drug-likeness (QED) is 0.547. The van der Waals surface area contributed by atoms with Crippen LogP contribution in [0.25, 0.3) is 0 Å². The molecule has 2 aromatic carbocycles. The number of sulfonamides is 1. The van der Waals surface area contributed by atoms with Crippen molar-refractivity contribution in [2.75, 3.05) is 22.4 Å². The molecule has 0 fully saturated rings. The van der Waals surface area contributed by atoms with Crippen LogP contribution in [0.5, 0.6) is 0 Å². The molecule has 31 heavy (non-hydrogen) atoms. The highest BCUT2D eigenvalue weighted by Gasteiger charge is 2.34. The number of rotatable bonds is 5. The monoisotopic (exact) mass is 508 g/mol. The number of halogens is 8. The molecule has 0 unspecified atom stereocenters. The van der Waals surface area contributed by atoms with E-state index in [1.54, 1.807) is 0 Å². The van der Waals surface area contributed by atoms with Crippen LogP contribution in [0, 0.1) is 0 Å². The first-order chi connectivity index (χ1) is 14.0. The highest BCUT2D eigenvalue weighted by atomic mass is 35.5. The first-order valence-corrected chi connectivity index (χ1v) is 10.6. The van der Waals surface area contributed by atoms with Crippen molar-refractivity contribution in [3.05, 3.63) is 57.6 Å². The minimum atomic E-state index is -4.82. The zero-order chi connectivity index (χ0) is 23.8. The van der Waals surface area contributed by atoms with Crippen LogP contribution in [0.2, 0.25) is 10.0 Å². The smallest absolute Gasteiger partial charge is 0.323 e. The van der Waals surface area contributed by atoms with E-state index in [4.69, 9.17) is 23.2 Å². The lowest BCUT2D eigenvalue weighted by Gasteiger charge is -2.24. The fourth-order valence-corrected chi connectivity index (χ4v) is 3.67. The number of benzene rings is 2. The lowest BCUT2D eigenvalue weighted by Crippen LogP contribution is -2.37. The van der Waals surface area contributed by atoms with Gasteiger partial charge in [0.25, 0.3) is 0 Å². The Labute approximate surface area is 182 Å². The van der Waals surface area contributed by atoms with Crippen molar-refractivity contribution in [1.82, 2.24) is 0 Å². The average molecular weight is 509 g/mol. The van der Waals surface area contributed by atoms with E-state index in [2.05, 4.69) is 0 Å². The number of hydrogen-bond acceptors (Lipinski definition) is 3. The van der Waals surface area contributed by atoms with Gasteiger partial charge < -0.3 is 5.32 Å². The van der Waals surface area contributed by atoms with Crippen LogP contribution >= 0.6 is 23.2 Å². The van der Waals surface area contributed by atoms with E-state index in [1.165, 1.54) is 0 Å². The Kier molecular flexibility index (Phi) is 7.08. The molecular formula is C17H12Cl2F6N2O3S. The first-order valence-electron chi connectivity index (χ1n) is 8.01. The van der Waals surface area contributed by atoms with Gasteiger partial charge in [-0.1, -0.05) is 23.2 Å². The van der Waals surface area contributed by atoms with Crippen molar-refractivity contribution in [1.29, 1.82) is 0 Å². The fourth-order valence-electron chi connectivity index (χ4n) is 2.38. The molecule has 170 valence electrons. The first kappa shape index (κ1) is 25.1. The second-order valence-electron chi connectivity index (χ2n) is 6.17. The number of amides is 1. The molecule has 0 radical (unpaired) electrons. The van der Waals surface area contributed by atoms with Crippen molar-refractivity contribution in [2.24, 2.45) is 0 Å². The molecule has 0 aliphatic carbocycles. The van der Waals surface area contributed by atoms with Gasteiger partial charge in [-0.25, -0.2) is 8.42 Å². The summed E-state index contributed by atoms with van der Waals surface area (Å²) in [6.07, 6.45) is -8.95. The number of hydrogen-bond donors (Lipinski definition) is 1. The molecule has 14 heteroatoms. The van der Waals surface area contributed by atoms with E-state index in [-0.39, 0.29) is 5.02 Å². The second-order valence-corrected chi connectivity index (χ2v) is 8.90. The molecule has 0 aliphatic heterocycles. The van der Waals surface area contributed by atoms with Crippen molar-refractivity contribution in [3.63, 3.8) is 0 Å². The Bertz CT molecular complexity index is 1100. The van der Waals surface area contributed by atoms with E-state index in [0.29, 0.717) is 34.8 Å². The van der Waals surface area contributed by atoms with E-state index in [0.717, 1.165) is 12.1 Å². The van der Waals surface area contributed by atoms with Crippen LogP contribution in [0.3, 0.4) is 0 Å². The summed E-state index contributed by atoms with van der Waals surface area (Å²) in [5, 5.41) is 1.34. The topological polar surface area (TPSA) is 66.5 Å². The van der Waals surface area contributed by atoms with Gasteiger partial charge in [-0.05, 0) is 36.4 Å². The van der Waals surface area contributed by atoms with Crippen molar-refractivity contribution in [3.8, 4) is 0 Å². The number of nitrogens with one attached hydrogen (secondary N) is 1. The second kappa shape index (κ2) is 8.75. The predicted molar refractivity (Wildman–Crippen MR) is 104 cm³/mol. The largest absolute Gasteiger partial charge is 0.416 e. The normalized spacial score (nSPS) is 12.5. The molecule has 0 aliphatic rings. The average Bonchev–Trinajstić information content (AvgIpc) is 2.59. The SMILES string of the molecule is CS(=O)(=O)N(CC(=O)Nc1cc(C(F)(F)F)ccc1Cl)c1cc(C(F)(F)F)ccc1Cl. The molecule has 0 bridgehead atoms. The lowest BCUT2D eigenvalue weighted by atomic mass is 10.2. The van der Waals surface area contributed by atoms with Gasteiger partial charge in [-0.3, -0.25) is 9.10 Å². The van der Waals surface area contributed by atoms with Crippen LogP contribution in [-0.4, -0.2) is 27.1 Å². The zero-order valence-electron chi connectivity index (χ0n) is 15.3. The van der Waals surface area contributed by atoms with Crippen molar-refractivity contribution >= 4 is 50.5 Å². The number of nitrogens with zero attached hydrogens (tertiary/aromatic N) is 1. The molecule has 0 aromatic heterocycles. The summed E-state index contributed by atoms with van der Waals surface area (Å²) >= 11 is 11.6. The summed E-state index contributed by atoms with van der Waals surface area (Å²) in [6, 6.07) is 3.94. The maximum absolute atomic E-state index is 13.0. The van der Waals surface area contributed by atoms with Gasteiger partial charge in [0.1, 0.15) is 6.54 Å². The Morgan fingerprint density at radius 3 is 1.90 bits per heavy atom. The Balaban J connectivity index is 2.39. The third-order valence-corrected chi connectivity index (χ3v) is 5.57. The van der Waals surface area contributed by atoms with Gasteiger partial charge in [0, 0.05) is 0 Å². The molecule has 5 nitrogen and oxygen atoms in total. The van der Waals surface area contributed by atoms with E-state index >= 15 is 0 Å². The van der Waals surface area contributed by atoms with E-state index in [9.17, 15) is 39.6 Å². The van der Waals surface area contributed by atoms with Gasteiger partial charge in [-0.2, -0.15) is 26.3 Å². The molecular weight excluding hydrogens is 497 g/mol. The Morgan fingerprint density at radius 2 is 1.42 bits per heavy atom. The summed E-state index contributed by atoms with van der Waals surface area (Å²) in [5.41, 5.74) is -3.45. The zero-order valence-corrected chi connectivity index (χ0v) is 17.6. The van der Waals surface area contributed by atoms with Gasteiger partial charge in [0.05, 0.1) is 38.8 Å². The van der Waals surface area contributed by atoms with Crippen molar-refractivity contribution < 1.29 is 39.6 Å². The van der Waals surface area contributed by atoms with Gasteiger partial charge in [0.2, 0.25) is 15.9 Å². The lowest BCUT2D eigenvalue weighted by molar-refractivity contribution is -0.138. The van der Waals surface area contributed by atoms with Crippen LogP contribution < -0.4 is 9.62 Å². The highest BCUT2D eigenvalue weighted by Crippen LogP contribution is 2.37. The molecule has 2 rings (SSSR count). The van der Waals surface area contributed by atoms with Gasteiger partial charge in [-0.15, -0.1) is 0 Å². The number of anilines is 2. The minimum Gasteiger partial charge on any atom is -0.323 e. The molecule has 2 aromatic rings. The van der Waals surface area contributed by atoms with Crippen molar-refractivity contribution in [2.45, 2.75) is 12.4 Å². The Hall–Kier alpha value is -2.18. The number of carbonyl (C=O) groups excluding carboxylic acids is 1. The van der Waals surface area contributed by atoms with Crippen LogP contribution in [-0.2, 0) is 27.2 Å². The number of alkyl halides is 6. The van der Waals surface area contributed by atoms with E-state index < -0.39 is 62.4 Å².